The number of aliphatic hydroxyl groups is 1. The van der Waals surface area contributed by atoms with Gasteiger partial charge in [0.2, 0.25) is 0 Å². The zero-order valence-corrected chi connectivity index (χ0v) is 11.8. The molecule has 0 aromatic heterocycles. The summed E-state index contributed by atoms with van der Waals surface area (Å²) in [5.74, 6) is 0.881. The number of aliphatic hydroxyl groups excluding tert-OH is 1. The zero-order chi connectivity index (χ0) is 13.2. The summed E-state index contributed by atoms with van der Waals surface area (Å²) in [6, 6.07) is 0. The van der Waals surface area contributed by atoms with Crippen LogP contribution in [0.5, 0.6) is 0 Å². The molecule has 3 aliphatic rings. The molecule has 0 unspecified atom stereocenters. The maximum atomic E-state index is 12.7. The van der Waals surface area contributed by atoms with Gasteiger partial charge >= 0.3 is 0 Å². The van der Waals surface area contributed by atoms with Crippen LogP contribution < -0.4 is 0 Å². The Kier molecular flexibility index (Phi) is 2.39. The molecule has 0 aromatic carbocycles. The molecule has 0 bridgehead atoms. The Bertz CT molecular complexity index is 438. The van der Waals surface area contributed by atoms with Crippen molar-refractivity contribution >= 4 is 5.78 Å². The van der Waals surface area contributed by atoms with E-state index < -0.39 is 0 Å². The molecule has 0 spiro atoms. The van der Waals surface area contributed by atoms with Gasteiger partial charge in [-0.3, -0.25) is 4.79 Å². The maximum absolute atomic E-state index is 12.7. The van der Waals surface area contributed by atoms with E-state index in [0.717, 1.165) is 32.1 Å². The van der Waals surface area contributed by atoms with E-state index >= 15 is 0 Å². The normalized spacial score (nSPS) is 51.0. The smallest absolute Gasteiger partial charge is 0.163 e. The molecule has 3 rings (SSSR count). The van der Waals surface area contributed by atoms with Crippen LogP contribution in [-0.2, 0) is 4.79 Å². The number of carbonyl (C=O) groups is 1. The second-order valence-corrected chi connectivity index (χ2v) is 7.08. The van der Waals surface area contributed by atoms with Crippen molar-refractivity contribution < 1.29 is 9.90 Å². The largest absolute Gasteiger partial charge is 0.396 e. The molecule has 2 nitrogen and oxygen atoms in total. The lowest BCUT2D eigenvalue weighted by Gasteiger charge is -2.57. The Morgan fingerprint density at radius 2 is 2.11 bits per heavy atom. The van der Waals surface area contributed by atoms with Gasteiger partial charge in [-0.15, -0.1) is 0 Å². The Morgan fingerprint density at radius 3 is 2.78 bits per heavy atom. The molecule has 0 saturated heterocycles. The van der Waals surface area contributed by atoms with Gasteiger partial charge in [0.1, 0.15) is 0 Å². The summed E-state index contributed by atoms with van der Waals surface area (Å²) in [6.07, 6.45) is 7.27. The summed E-state index contributed by atoms with van der Waals surface area (Å²) in [6.45, 7) is 6.74. The lowest BCUT2D eigenvalue weighted by Crippen LogP contribution is -2.57. The topological polar surface area (TPSA) is 37.3 Å². The minimum Gasteiger partial charge on any atom is -0.396 e. The van der Waals surface area contributed by atoms with E-state index in [-0.39, 0.29) is 22.9 Å². The van der Waals surface area contributed by atoms with E-state index in [1.54, 1.807) is 0 Å². The van der Waals surface area contributed by atoms with Crippen LogP contribution in [0.3, 0.4) is 0 Å². The van der Waals surface area contributed by atoms with Crippen molar-refractivity contribution in [2.45, 2.75) is 52.9 Å². The molecule has 1 N–H and O–H groups in total. The fourth-order valence-corrected chi connectivity index (χ4v) is 5.82. The average Bonchev–Trinajstić information content (AvgIpc) is 2.77. The summed E-state index contributed by atoms with van der Waals surface area (Å²) < 4.78 is 0. The SMILES string of the molecule is CC1=CC(=O)[C@]23CC[C@@H](C)[C@]12CCC[C@]3(C)CO. The molecule has 0 amide bonds. The van der Waals surface area contributed by atoms with E-state index in [1.165, 1.54) is 5.57 Å². The van der Waals surface area contributed by atoms with Crippen LogP contribution in [-0.4, -0.2) is 17.5 Å². The maximum Gasteiger partial charge on any atom is 0.163 e. The van der Waals surface area contributed by atoms with E-state index in [2.05, 4.69) is 20.8 Å². The first-order chi connectivity index (χ1) is 8.44. The van der Waals surface area contributed by atoms with Gasteiger partial charge in [-0.05, 0) is 44.6 Å². The third-order valence-electron chi connectivity index (χ3n) is 6.71. The van der Waals surface area contributed by atoms with Gasteiger partial charge in [0.25, 0.3) is 0 Å². The van der Waals surface area contributed by atoms with Crippen LogP contribution in [0.15, 0.2) is 11.6 Å². The first kappa shape index (κ1) is 12.4. The van der Waals surface area contributed by atoms with Crippen molar-refractivity contribution in [3.05, 3.63) is 11.6 Å². The first-order valence-electron chi connectivity index (χ1n) is 7.29. The number of hydrogen-bond donors (Lipinski definition) is 1. The van der Waals surface area contributed by atoms with Gasteiger partial charge in [0, 0.05) is 17.4 Å². The van der Waals surface area contributed by atoms with Crippen molar-refractivity contribution in [1.82, 2.24) is 0 Å². The Hall–Kier alpha value is -0.630. The highest BCUT2D eigenvalue weighted by atomic mass is 16.3. The standard InChI is InChI=1S/C16H24O2/c1-11-5-8-16-13(18)9-12(2)15(11,16)7-4-6-14(16,3)10-17/h9,11,17H,4-8,10H2,1-3H3/t11-,14-,15-,16+/m1/s1. The molecular formula is C16H24O2. The minimum atomic E-state index is -0.295. The van der Waals surface area contributed by atoms with Crippen LogP contribution in [0.4, 0.5) is 0 Å². The second-order valence-electron chi connectivity index (χ2n) is 7.08. The Morgan fingerprint density at radius 1 is 1.39 bits per heavy atom. The monoisotopic (exact) mass is 248 g/mol. The lowest BCUT2D eigenvalue weighted by atomic mass is 9.45. The molecule has 2 saturated carbocycles. The van der Waals surface area contributed by atoms with Crippen LogP contribution in [0.2, 0.25) is 0 Å². The number of carbonyl (C=O) groups excluding carboxylic acids is 1. The number of hydrogen-bond acceptors (Lipinski definition) is 2. The molecule has 0 aromatic rings. The molecule has 2 heteroatoms. The van der Waals surface area contributed by atoms with Gasteiger partial charge in [-0.2, -0.15) is 0 Å². The van der Waals surface area contributed by atoms with E-state index in [9.17, 15) is 9.90 Å². The van der Waals surface area contributed by atoms with Crippen LogP contribution in [0.25, 0.3) is 0 Å². The summed E-state index contributed by atoms with van der Waals surface area (Å²) in [5.41, 5.74) is 0.828. The van der Waals surface area contributed by atoms with Gasteiger partial charge in [-0.25, -0.2) is 0 Å². The summed E-state index contributed by atoms with van der Waals surface area (Å²) in [5, 5.41) is 9.95. The quantitative estimate of drug-likeness (QED) is 0.774. The molecule has 100 valence electrons. The molecule has 0 heterocycles. The van der Waals surface area contributed by atoms with Gasteiger partial charge in [0.15, 0.2) is 5.78 Å². The first-order valence-corrected chi connectivity index (χ1v) is 7.29. The highest BCUT2D eigenvalue weighted by molar-refractivity contribution is 6.01. The van der Waals surface area contributed by atoms with E-state index in [4.69, 9.17) is 0 Å². The summed E-state index contributed by atoms with van der Waals surface area (Å²) in [4.78, 5) is 12.7. The zero-order valence-electron chi connectivity index (χ0n) is 11.8. The van der Waals surface area contributed by atoms with Crippen molar-refractivity contribution in [1.29, 1.82) is 0 Å². The van der Waals surface area contributed by atoms with E-state index in [1.807, 2.05) is 6.08 Å². The summed E-state index contributed by atoms with van der Waals surface area (Å²) in [7, 11) is 0. The van der Waals surface area contributed by atoms with Crippen molar-refractivity contribution in [2.75, 3.05) is 6.61 Å². The van der Waals surface area contributed by atoms with E-state index in [0.29, 0.717) is 11.7 Å². The highest BCUT2D eigenvalue weighted by Gasteiger charge is 2.72. The predicted octanol–water partition coefficient (Wildman–Crippen LogP) is 3.10. The van der Waals surface area contributed by atoms with Crippen molar-refractivity contribution in [3.63, 3.8) is 0 Å². The Labute approximate surface area is 109 Å². The summed E-state index contributed by atoms with van der Waals surface area (Å²) >= 11 is 0. The van der Waals surface area contributed by atoms with Crippen LogP contribution in [0, 0.1) is 22.2 Å². The molecule has 18 heavy (non-hydrogen) atoms. The Balaban J connectivity index is 2.25. The van der Waals surface area contributed by atoms with Crippen molar-refractivity contribution in [3.8, 4) is 0 Å². The molecule has 2 fully saturated rings. The molecule has 4 atom stereocenters. The number of rotatable bonds is 1. The van der Waals surface area contributed by atoms with Gasteiger partial charge < -0.3 is 5.11 Å². The molecular weight excluding hydrogens is 224 g/mol. The number of ketones is 1. The highest BCUT2D eigenvalue weighted by Crippen LogP contribution is 2.74. The molecule has 3 aliphatic carbocycles. The lowest BCUT2D eigenvalue weighted by molar-refractivity contribution is -0.152. The molecule has 0 radical (unpaired) electrons. The van der Waals surface area contributed by atoms with Crippen LogP contribution in [0.1, 0.15) is 52.9 Å². The minimum absolute atomic E-state index is 0.0554. The van der Waals surface area contributed by atoms with Crippen molar-refractivity contribution in [2.24, 2.45) is 22.2 Å². The molecule has 0 aliphatic heterocycles. The number of allylic oxidation sites excluding steroid dienone is 2. The fraction of sp³-hybridized carbons (Fsp3) is 0.812. The third-order valence-corrected chi connectivity index (χ3v) is 6.71. The predicted molar refractivity (Wildman–Crippen MR) is 71.1 cm³/mol. The second kappa shape index (κ2) is 3.47. The third kappa shape index (κ3) is 0.999. The fourth-order valence-electron chi connectivity index (χ4n) is 5.82. The average molecular weight is 248 g/mol. The van der Waals surface area contributed by atoms with Gasteiger partial charge in [-0.1, -0.05) is 25.8 Å². The van der Waals surface area contributed by atoms with Gasteiger partial charge in [0.05, 0.1) is 5.41 Å². The van der Waals surface area contributed by atoms with Crippen LogP contribution >= 0.6 is 0 Å².